The van der Waals surface area contributed by atoms with Crippen LogP contribution in [0.4, 0.5) is 0 Å². The minimum atomic E-state index is -0.103. The molecule has 2 fully saturated rings. The number of aliphatic hydroxyl groups excluding tert-OH is 1. The highest BCUT2D eigenvalue weighted by Gasteiger charge is 2.49. The van der Waals surface area contributed by atoms with Gasteiger partial charge in [0.2, 0.25) is 0 Å². The van der Waals surface area contributed by atoms with Crippen molar-refractivity contribution in [1.82, 2.24) is 0 Å². The fourth-order valence-corrected chi connectivity index (χ4v) is 2.83. The molecule has 0 unspecified atom stereocenters. The number of hydrogen-bond donors (Lipinski definition) is 1. The Balaban J connectivity index is 2.27. The van der Waals surface area contributed by atoms with E-state index in [2.05, 4.69) is 5.92 Å². The van der Waals surface area contributed by atoms with Crippen LogP contribution in [0.15, 0.2) is 0 Å². The Hall–Kier alpha value is -0.480. The summed E-state index contributed by atoms with van der Waals surface area (Å²) >= 11 is 0. The van der Waals surface area contributed by atoms with Gasteiger partial charge in [-0.3, -0.25) is 0 Å². The van der Waals surface area contributed by atoms with Crippen LogP contribution in [0.3, 0.4) is 0 Å². The number of terminal acetylenes is 1. The second kappa shape index (κ2) is 2.25. The maximum atomic E-state index is 9.60. The van der Waals surface area contributed by atoms with Gasteiger partial charge >= 0.3 is 0 Å². The molecule has 3 atom stereocenters. The molecule has 2 aliphatic rings. The van der Waals surface area contributed by atoms with Crippen LogP contribution in [0.5, 0.6) is 0 Å². The number of rotatable bonds is 0. The molecule has 2 rings (SSSR count). The van der Waals surface area contributed by atoms with E-state index in [0.29, 0.717) is 5.92 Å². The van der Waals surface area contributed by atoms with E-state index in [1.807, 2.05) is 0 Å². The molecule has 11 heavy (non-hydrogen) atoms. The SMILES string of the molecule is C#C[C@@]12CCC[C@@H]1[C@H](O)CC2. The lowest BCUT2D eigenvalue weighted by Crippen LogP contribution is -2.23. The average molecular weight is 150 g/mol. The summed E-state index contributed by atoms with van der Waals surface area (Å²) in [6.45, 7) is 0. The second-order valence-corrected chi connectivity index (χ2v) is 3.91. The molecule has 0 aromatic heterocycles. The Labute approximate surface area is 67.8 Å². The first-order valence-corrected chi connectivity index (χ1v) is 4.44. The average Bonchev–Trinajstić information content (AvgIpc) is 2.53. The van der Waals surface area contributed by atoms with Crippen LogP contribution in [0.1, 0.15) is 32.1 Å². The number of hydrogen-bond acceptors (Lipinski definition) is 1. The van der Waals surface area contributed by atoms with Gasteiger partial charge < -0.3 is 5.11 Å². The van der Waals surface area contributed by atoms with Gasteiger partial charge in [0.05, 0.1) is 6.10 Å². The maximum Gasteiger partial charge on any atom is 0.0583 e. The molecule has 0 amide bonds. The van der Waals surface area contributed by atoms with Crippen molar-refractivity contribution in [1.29, 1.82) is 0 Å². The van der Waals surface area contributed by atoms with E-state index in [1.165, 1.54) is 6.42 Å². The van der Waals surface area contributed by atoms with Gasteiger partial charge in [0.25, 0.3) is 0 Å². The van der Waals surface area contributed by atoms with Gasteiger partial charge in [-0.15, -0.1) is 6.42 Å². The smallest absolute Gasteiger partial charge is 0.0583 e. The van der Waals surface area contributed by atoms with Crippen LogP contribution in [0.25, 0.3) is 0 Å². The van der Waals surface area contributed by atoms with E-state index in [9.17, 15) is 5.11 Å². The lowest BCUT2D eigenvalue weighted by molar-refractivity contribution is 0.115. The van der Waals surface area contributed by atoms with Crippen molar-refractivity contribution >= 4 is 0 Å². The normalized spacial score (nSPS) is 48.7. The molecule has 60 valence electrons. The molecule has 2 aliphatic carbocycles. The van der Waals surface area contributed by atoms with E-state index >= 15 is 0 Å². The standard InChI is InChI=1S/C10H14O/c1-2-10-6-3-4-8(10)9(11)5-7-10/h1,8-9,11H,3-7H2/t8-,9-,10+/m1/s1. The summed E-state index contributed by atoms with van der Waals surface area (Å²) in [6.07, 6.45) is 10.9. The van der Waals surface area contributed by atoms with Crippen molar-refractivity contribution in [3.05, 3.63) is 0 Å². The van der Waals surface area contributed by atoms with E-state index in [0.717, 1.165) is 25.7 Å². The molecule has 1 N–H and O–H groups in total. The van der Waals surface area contributed by atoms with Crippen molar-refractivity contribution in [2.75, 3.05) is 0 Å². The molecule has 0 spiro atoms. The fourth-order valence-electron chi connectivity index (χ4n) is 2.83. The Morgan fingerprint density at radius 3 is 2.82 bits per heavy atom. The summed E-state index contributed by atoms with van der Waals surface area (Å²) in [5, 5.41) is 9.60. The van der Waals surface area contributed by atoms with Crippen LogP contribution in [0.2, 0.25) is 0 Å². The molecule has 0 bridgehead atoms. The first-order valence-electron chi connectivity index (χ1n) is 4.44. The molecule has 0 heterocycles. The predicted molar refractivity (Wildman–Crippen MR) is 43.8 cm³/mol. The fraction of sp³-hybridized carbons (Fsp3) is 0.800. The van der Waals surface area contributed by atoms with E-state index < -0.39 is 0 Å². The van der Waals surface area contributed by atoms with Gasteiger partial charge in [-0.25, -0.2) is 0 Å². The molecular formula is C10H14O. The molecule has 0 aliphatic heterocycles. The third-order valence-corrected chi connectivity index (χ3v) is 3.49. The summed E-state index contributed by atoms with van der Waals surface area (Å²) in [4.78, 5) is 0. The lowest BCUT2D eigenvalue weighted by Gasteiger charge is -2.23. The van der Waals surface area contributed by atoms with Crippen molar-refractivity contribution in [2.24, 2.45) is 11.3 Å². The number of aliphatic hydroxyl groups is 1. The zero-order chi connectivity index (χ0) is 7.90. The topological polar surface area (TPSA) is 20.2 Å². The molecule has 0 aromatic carbocycles. The Bertz CT molecular complexity index is 203. The zero-order valence-electron chi connectivity index (χ0n) is 6.71. The highest BCUT2D eigenvalue weighted by Crippen LogP contribution is 2.53. The van der Waals surface area contributed by atoms with Crippen LogP contribution < -0.4 is 0 Å². The van der Waals surface area contributed by atoms with Crippen molar-refractivity contribution in [3.63, 3.8) is 0 Å². The molecule has 1 nitrogen and oxygen atoms in total. The molecule has 0 radical (unpaired) electrons. The van der Waals surface area contributed by atoms with E-state index in [-0.39, 0.29) is 11.5 Å². The van der Waals surface area contributed by atoms with Gasteiger partial charge in [0.15, 0.2) is 0 Å². The van der Waals surface area contributed by atoms with Gasteiger partial charge in [-0.1, -0.05) is 12.3 Å². The first kappa shape index (κ1) is 7.18. The predicted octanol–water partition coefficient (Wildman–Crippen LogP) is 1.56. The molecule has 0 aromatic rings. The van der Waals surface area contributed by atoms with Crippen LogP contribution in [-0.4, -0.2) is 11.2 Å². The Morgan fingerprint density at radius 2 is 2.18 bits per heavy atom. The monoisotopic (exact) mass is 150 g/mol. The maximum absolute atomic E-state index is 9.60. The van der Waals surface area contributed by atoms with Gasteiger partial charge in [-0.05, 0) is 25.7 Å². The highest BCUT2D eigenvalue weighted by atomic mass is 16.3. The Morgan fingerprint density at radius 1 is 1.36 bits per heavy atom. The summed E-state index contributed by atoms with van der Waals surface area (Å²) in [5.41, 5.74) is 0.0966. The summed E-state index contributed by atoms with van der Waals surface area (Å²) in [5.74, 6) is 3.33. The largest absolute Gasteiger partial charge is 0.393 e. The number of fused-ring (bicyclic) bond motifs is 1. The minimum absolute atomic E-state index is 0.0966. The van der Waals surface area contributed by atoms with Gasteiger partial charge in [0, 0.05) is 11.3 Å². The molecule has 2 saturated carbocycles. The minimum Gasteiger partial charge on any atom is -0.393 e. The van der Waals surface area contributed by atoms with Crippen molar-refractivity contribution in [3.8, 4) is 12.3 Å². The second-order valence-electron chi connectivity index (χ2n) is 3.91. The quantitative estimate of drug-likeness (QED) is 0.519. The third kappa shape index (κ3) is 0.827. The van der Waals surface area contributed by atoms with Crippen LogP contribution >= 0.6 is 0 Å². The lowest BCUT2D eigenvalue weighted by atomic mass is 9.81. The first-order chi connectivity index (χ1) is 5.28. The Kier molecular flexibility index (Phi) is 1.47. The third-order valence-electron chi connectivity index (χ3n) is 3.49. The zero-order valence-corrected chi connectivity index (χ0v) is 6.71. The molecule has 0 saturated heterocycles. The van der Waals surface area contributed by atoms with Crippen LogP contribution in [0, 0.1) is 23.7 Å². The van der Waals surface area contributed by atoms with Crippen molar-refractivity contribution in [2.45, 2.75) is 38.2 Å². The van der Waals surface area contributed by atoms with Gasteiger partial charge in [0.1, 0.15) is 0 Å². The highest BCUT2D eigenvalue weighted by molar-refractivity contribution is 5.16. The summed E-state index contributed by atoms with van der Waals surface area (Å²) < 4.78 is 0. The summed E-state index contributed by atoms with van der Waals surface area (Å²) in [7, 11) is 0. The van der Waals surface area contributed by atoms with Crippen LogP contribution in [-0.2, 0) is 0 Å². The van der Waals surface area contributed by atoms with E-state index in [4.69, 9.17) is 6.42 Å². The molecular weight excluding hydrogens is 136 g/mol. The molecule has 1 heteroatoms. The summed E-state index contributed by atoms with van der Waals surface area (Å²) in [6, 6.07) is 0. The van der Waals surface area contributed by atoms with E-state index in [1.54, 1.807) is 0 Å². The van der Waals surface area contributed by atoms with Gasteiger partial charge in [-0.2, -0.15) is 0 Å². The van der Waals surface area contributed by atoms with Crippen molar-refractivity contribution < 1.29 is 5.11 Å².